The number of carbonyl (C=O) groups excluding carboxylic acids is 1. The van der Waals surface area contributed by atoms with Crippen LogP contribution in [0.5, 0.6) is 0 Å². The Balaban J connectivity index is 1.66. The van der Waals surface area contributed by atoms with Gasteiger partial charge in [-0.25, -0.2) is 0 Å². The quantitative estimate of drug-likeness (QED) is 0.895. The van der Waals surface area contributed by atoms with Crippen LogP contribution in [0.15, 0.2) is 42.5 Å². The van der Waals surface area contributed by atoms with Crippen molar-refractivity contribution in [2.24, 2.45) is 0 Å². The van der Waals surface area contributed by atoms with Crippen molar-refractivity contribution >= 4 is 16.7 Å². The molecule has 1 amide bonds. The van der Waals surface area contributed by atoms with Crippen LogP contribution in [0, 0.1) is 0 Å². The van der Waals surface area contributed by atoms with Crippen molar-refractivity contribution in [1.82, 2.24) is 10.6 Å². The Morgan fingerprint density at radius 1 is 1.20 bits per heavy atom. The van der Waals surface area contributed by atoms with Gasteiger partial charge in [0.25, 0.3) is 5.91 Å². The molecule has 1 aliphatic heterocycles. The summed E-state index contributed by atoms with van der Waals surface area (Å²) in [4.78, 5) is 12.3. The lowest BCUT2D eigenvalue weighted by molar-refractivity contribution is 0.0954. The summed E-state index contributed by atoms with van der Waals surface area (Å²) >= 11 is 0. The molecular weight excluding hydrogens is 248 g/mol. The zero-order valence-electron chi connectivity index (χ0n) is 11.6. The standard InChI is InChI=1S/C17H20N2O/c20-17(19-12-10-14-7-4-11-18-14)16-9-3-6-13-5-1-2-8-15(13)16/h1-3,5-6,8-9,14,18H,4,7,10-12H2,(H,19,20). The summed E-state index contributed by atoms with van der Waals surface area (Å²) in [6, 6.07) is 14.5. The molecule has 1 atom stereocenters. The van der Waals surface area contributed by atoms with E-state index < -0.39 is 0 Å². The highest BCUT2D eigenvalue weighted by atomic mass is 16.1. The average molecular weight is 268 g/mol. The van der Waals surface area contributed by atoms with E-state index in [9.17, 15) is 4.79 Å². The smallest absolute Gasteiger partial charge is 0.251 e. The van der Waals surface area contributed by atoms with Crippen LogP contribution >= 0.6 is 0 Å². The van der Waals surface area contributed by atoms with Gasteiger partial charge >= 0.3 is 0 Å². The summed E-state index contributed by atoms with van der Waals surface area (Å²) in [5.41, 5.74) is 0.766. The molecule has 2 aromatic carbocycles. The highest BCUT2D eigenvalue weighted by Crippen LogP contribution is 2.18. The molecule has 20 heavy (non-hydrogen) atoms. The van der Waals surface area contributed by atoms with Crippen LogP contribution in [-0.4, -0.2) is 25.0 Å². The second-order valence-corrected chi connectivity index (χ2v) is 5.36. The maximum absolute atomic E-state index is 12.3. The lowest BCUT2D eigenvalue weighted by Crippen LogP contribution is -2.30. The number of amides is 1. The van der Waals surface area contributed by atoms with Crippen LogP contribution in [0.25, 0.3) is 10.8 Å². The lowest BCUT2D eigenvalue weighted by Gasteiger charge is -2.11. The zero-order chi connectivity index (χ0) is 13.8. The Bertz CT molecular complexity index is 597. The third-order valence-corrected chi connectivity index (χ3v) is 3.97. The fourth-order valence-corrected chi connectivity index (χ4v) is 2.88. The molecule has 0 aromatic heterocycles. The zero-order valence-corrected chi connectivity index (χ0v) is 11.6. The first kappa shape index (κ1) is 13.1. The molecule has 3 heteroatoms. The van der Waals surface area contributed by atoms with Crippen molar-refractivity contribution in [1.29, 1.82) is 0 Å². The summed E-state index contributed by atoms with van der Waals surface area (Å²) < 4.78 is 0. The minimum Gasteiger partial charge on any atom is -0.352 e. The van der Waals surface area contributed by atoms with Gasteiger partial charge in [-0.15, -0.1) is 0 Å². The van der Waals surface area contributed by atoms with Gasteiger partial charge in [0.1, 0.15) is 0 Å². The molecule has 0 saturated carbocycles. The van der Waals surface area contributed by atoms with Gasteiger partial charge in [-0.1, -0.05) is 36.4 Å². The first-order valence-corrected chi connectivity index (χ1v) is 7.34. The number of hydrogen-bond acceptors (Lipinski definition) is 2. The van der Waals surface area contributed by atoms with E-state index >= 15 is 0 Å². The van der Waals surface area contributed by atoms with E-state index in [0.717, 1.165) is 35.8 Å². The van der Waals surface area contributed by atoms with Crippen molar-refractivity contribution < 1.29 is 4.79 Å². The first-order chi connectivity index (χ1) is 9.84. The van der Waals surface area contributed by atoms with Crippen LogP contribution in [-0.2, 0) is 0 Å². The Hall–Kier alpha value is -1.87. The lowest BCUT2D eigenvalue weighted by atomic mass is 10.0. The first-order valence-electron chi connectivity index (χ1n) is 7.34. The van der Waals surface area contributed by atoms with Gasteiger partial charge in [0.2, 0.25) is 0 Å². The molecular formula is C17H20N2O. The van der Waals surface area contributed by atoms with E-state index in [4.69, 9.17) is 0 Å². The van der Waals surface area contributed by atoms with Gasteiger partial charge in [-0.05, 0) is 42.6 Å². The van der Waals surface area contributed by atoms with Crippen LogP contribution in [0.1, 0.15) is 29.6 Å². The minimum atomic E-state index is 0.0276. The molecule has 1 heterocycles. The van der Waals surface area contributed by atoms with Crippen LogP contribution in [0.4, 0.5) is 0 Å². The topological polar surface area (TPSA) is 41.1 Å². The predicted octanol–water partition coefficient (Wildman–Crippen LogP) is 2.71. The number of fused-ring (bicyclic) bond motifs is 1. The molecule has 0 radical (unpaired) electrons. The fraction of sp³-hybridized carbons (Fsp3) is 0.353. The molecule has 1 aliphatic rings. The van der Waals surface area contributed by atoms with Gasteiger partial charge in [0.15, 0.2) is 0 Å². The summed E-state index contributed by atoms with van der Waals surface area (Å²) in [6.07, 6.45) is 3.49. The molecule has 0 bridgehead atoms. The summed E-state index contributed by atoms with van der Waals surface area (Å²) in [5.74, 6) is 0.0276. The second-order valence-electron chi connectivity index (χ2n) is 5.36. The molecule has 1 saturated heterocycles. The van der Waals surface area contributed by atoms with E-state index in [-0.39, 0.29) is 5.91 Å². The molecule has 104 valence electrons. The Morgan fingerprint density at radius 2 is 2.05 bits per heavy atom. The van der Waals surface area contributed by atoms with Crippen molar-refractivity contribution in [2.45, 2.75) is 25.3 Å². The molecule has 2 aromatic rings. The van der Waals surface area contributed by atoms with E-state index in [2.05, 4.69) is 10.6 Å². The molecule has 1 fully saturated rings. The van der Waals surface area contributed by atoms with Crippen LogP contribution in [0.2, 0.25) is 0 Å². The van der Waals surface area contributed by atoms with Gasteiger partial charge in [-0.3, -0.25) is 4.79 Å². The number of benzene rings is 2. The third kappa shape index (κ3) is 2.83. The summed E-state index contributed by atoms with van der Waals surface area (Å²) in [7, 11) is 0. The largest absolute Gasteiger partial charge is 0.352 e. The van der Waals surface area contributed by atoms with Crippen molar-refractivity contribution in [3.05, 3.63) is 48.0 Å². The molecule has 2 N–H and O–H groups in total. The van der Waals surface area contributed by atoms with Gasteiger partial charge < -0.3 is 10.6 Å². The SMILES string of the molecule is O=C(NCCC1CCCN1)c1cccc2ccccc12. The Labute approximate surface area is 119 Å². The second kappa shape index (κ2) is 6.06. The maximum atomic E-state index is 12.3. The number of carbonyl (C=O) groups is 1. The molecule has 3 rings (SSSR count). The van der Waals surface area contributed by atoms with Crippen LogP contribution in [0.3, 0.4) is 0 Å². The molecule has 0 aliphatic carbocycles. The molecule has 1 unspecified atom stereocenters. The van der Waals surface area contributed by atoms with Crippen molar-refractivity contribution in [2.75, 3.05) is 13.1 Å². The molecule has 0 spiro atoms. The van der Waals surface area contributed by atoms with E-state index in [0.29, 0.717) is 6.04 Å². The Morgan fingerprint density at radius 3 is 2.90 bits per heavy atom. The average Bonchev–Trinajstić information content (AvgIpc) is 3.00. The maximum Gasteiger partial charge on any atom is 0.251 e. The van der Waals surface area contributed by atoms with Crippen LogP contribution < -0.4 is 10.6 Å². The van der Waals surface area contributed by atoms with Crippen molar-refractivity contribution in [3.63, 3.8) is 0 Å². The summed E-state index contributed by atoms with van der Waals surface area (Å²) in [6.45, 7) is 1.85. The van der Waals surface area contributed by atoms with Gasteiger partial charge in [0.05, 0.1) is 0 Å². The minimum absolute atomic E-state index is 0.0276. The number of nitrogens with one attached hydrogen (secondary N) is 2. The Kier molecular flexibility index (Phi) is 3.97. The normalized spacial score (nSPS) is 18.3. The predicted molar refractivity (Wildman–Crippen MR) is 81.9 cm³/mol. The van der Waals surface area contributed by atoms with E-state index in [1.165, 1.54) is 12.8 Å². The highest BCUT2D eigenvalue weighted by molar-refractivity contribution is 6.06. The van der Waals surface area contributed by atoms with Gasteiger partial charge in [0, 0.05) is 18.2 Å². The third-order valence-electron chi connectivity index (χ3n) is 3.97. The molecule has 3 nitrogen and oxygen atoms in total. The van der Waals surface area contributed by atoms with Gasteiger partial charge in [-0.2, -0.15) is 0 Å². The highest BCUT2D eigenvalue weighted by Gasteiger charge is 2.14. The fourth-order valence-electron chi connectivity index (χ4n) is 2.88. The van der Waals surface area contributed by atoms with Crippen molar-refractivity contribution in [3.8, 4) is 0 Å². The summed E-state index contributed by atoms with van der Waals surface area (Å²) in [5, 5.41) is 8.62. The van der Waals surface area contributed by atoms with E-state index in [1.807, 2.05) is 42.5 Å². The van der Waals surface area contributed by atoms with E-state index in [1.54, 1.807) is 0 Å². The number of rotatable bonds is 4. The monoisotopic (exact) mass is 268 g/mol. The number of hydrogen-bond donors (Lipinski definition) is 2.